The predicted molar refractivity (Wildman–Crippen MR) is 165 cm³/mol. The fourth-order valence-electron chi connectivity index (χ4n) is 5.06. The SMILES string of the molecule is c1ccc(-c2ccc(-c3nc(-c4ccc(-c5ccccc5)cc4)nc(-c4cccc5ccccc45)n3)cc2)cc1. The van der Waals surface area contributed by atoms with Gasteiger partial charge in [0.15, 0.2) is 17.5 Å². The molecule has 0 unspecified atom stereocenters. The van der Waals surface area contributed by atoms with E-state index in [9.17, 15) is 0 Å². The smallest absolute Gasteiger partial charge is 0.164 e. The van der Waals surface area contributed by atoms with Crippen molar-refractivity contribution >= 4 is 10.8 Å². The van der Waals surface area contributed by atoms with Gasteiger partial charge < -0.3 is 0 Å². The maximum atomic E-state index is 4.99. The normalized spacial score (nSPS) is 11.0. The molecule has 188 valence electrons. The second-order valence-electron chi connectivity index (χ2n) is 9.72. The summed E-state index contributed by atoms with van der Waals surface area (Å²) in [7, 11) is 0. The first-order chi connectivity index (χ1) is 19.8. The van der Waals surface area contributed by atoms with Gasteiger partial charge in [0.1, 0.15) is 0 Å². The minimum atomic E-state index is 0.652. The average molecular weight is 512 g/mol. The zero-order valence-corrected chi connectivity index (χ0v) is 21.8. The third-order valence-corrected chi connectivity index (χ3v) is 7.17. The number of aromatic nitrogens is 3. The first-order valence-corrected chi connectivity index (χ1v) is 13.4. The maximum absolute atomic E-state index is 4.99. The van der Waals surface area contributed by atoms with Crippen LogP contribution in [0.2, 0.25) is 0 Å². The standard InChI is InChI=1S/C37H25N3/c1-3-10-26(11-4-1)28-18-22-31(23-19-28)35-38-36(32-24-20-29(21-25-32)27-12-5-2-6-13-27)40-37(39-35)34-17-9-15-30-14-7-8-16-33(30)34/h1-25H. The molecule has 0 aliphatic rings. The highest BCUT2D eigenvalue weighted by Crippen LogP contribution is 2.31. The van der Waals surface area contributed by atoms with Crippen molar-refractivity contribution in [1.82, 2.24) is 15.0 Å². The first kappa shape index (κ1) is 23.7. The Balaban J connectivity index is 1.35. The van der Waals surface area contributed by atoms with Crippen molar-refractivity contribution in [3.63, 3.8) is 0 Å². The Morgan fingerprint density at radius 2 is 0.675 bits per heavy atom. The molecule has 1 heterocycles. The van der Waals surface area contributed by atoms with Crippen LogP contribution in [-0.2, 0) is 0 Å². The zero-order valence-electron chi connectivity index (χ0n) is 21.8. The highest BCUT2D eigenvalue weighted by molar-refractivity contribution is 5.95. The summed E-state index contributed by atoms with van der Waals surface area (Å²) in [4.78, 5) is 15.0. The van der Waals surface area contributed by atoms with Gasteiger partial charge in [-0.3, -0.25) is 0 Å². The van der Waals surface area contributed by atoms with Gasteiger partial charge in [-0.1, -0.05) is 152 Å². The van der Waals surface area contributed by atoms with Crippen LogP contribution in [-0.4, -0.2) is 15.0 Å². The monoisotopic (exact) mass is 511 g/mol. The summed E-state index contributed by atoms with van der Waals surface area (Å²) in [6.07, 6.45) is 0. The Morgan fingerprint density at radius 3 is 1.23 bits per heavy atom. The summed E-state index contributed by atoms with van der Waals surface area (Å²) >= 11 is 0. The second-order valence-corrected chi connectivity index (χ2v) is 9.72. The molecule has 7 rings (SSSR count). The number of nitrogens with zero attached hydrogens (tertiary/aromatic N) is 3. The summed E-state index contributed by atoms with van der Waals surface area (Å²) in [5.74, 6) is 1.97. The molecule has 40 heavy (non-hydrogen) atoms. The summed E-state index contributed by atoms with van der Waals surface area (Å²) in [5, 5.41) is 2.27. The maximum Gasteiger partial charge on any atom is 0.164 e. The lowest BCUT2D eigenvalue weighted by Gasteiger charge is -2.11. The van der Waals surface area contributed by atoms with Crippen LogP contribution in [0.5, 0.6) is 0 Å². The molecule has 0 saturated heterocycles. The molecular formula is C37H25N3. The average Bonchev–Trinajstić information content (AvgIpc) is 3.05. The van der Waals surface area contributed by atoms with Crippen LogP contribution in [0.15, 0.2) is 152 Å². The van der Waals surface area contributed by atoms with Crippen LogP contribution < -0.4 is 0 Å². The van der Waals surface area contributed by atoms with E-state index < -0.39 is 0 Å². The van der Waals surface area contributed by atoms with Crippen LogP contribution in [0.25, 0.3) is 67.2 Å². The van der Waals surface area contributed by atoms with Gasteiger partial charge in [0, 0.05) is 16.7 Å². The molecule has 0 spiro atoms. The molecule has 0 saturated carbocycles. The first-order valence-electron chi connectivity index (χ1n) is 13.4. The third-order valence-electron chi connectivity index (χ3n) is 7.17. The minimum absolute atomic E-state index is 0.652. The molecule has 1 aromatic heterocycles. The number of fused-ring (bicyclic) bond motifs is 1. The third kappa shape index (κ3) is 4.65. The van der Waals surface area contributed by atoms with E-state index in [-0.39, 0.29) is 0 Å². The van der Waals surface area contributed by atoms with Gasteiger partial charge in [-0.25, -0.2) is 15.0 Å². The van der Waals surface area contributed by atoms with E-state index in [1.165, 1.54) is 11.1 Å². The lowest BCUT2D eigenvalue weighted by molar-refractivity contribution is 1.08. The number of hydrogen-bond donors (Lipinski definition) is 0. The van der Waals surface area contributed by atoms with Gasteiger partial charge in [0.05, 0.1) is 0 Å². The molecule has 0 N–H and O–H groups in total. The van der Waals surface area contributed by atoms with Crippen molar-refractivity contribution in [2.75, 3.05) is 0 Å². The molecule has 3 nitrogen and oxygen atoms in total. The minimum Gasteiger partial charge on any atom is -0.208 e. The fourth-order valence-corrected chi connectivity index (χ4v) is 5.06. The van der Waals surface area contributed by atoms with Crippen LogP contribution in [0.1, 0.15) is 0 Å². The van der Waals surface area contributed by atoms with E-state index in [4.69, 9.17) is 15.0 Å². The number of benzene rings is 6. The Hall–Kier alpha value is -5.41. The topological polar surface area (TPSA) is 38.7 Å². The van der Waals surface area contributed by atoms with Gasteiger partial charge in [0.25, 0.3) is 0 Å². The summed E-state index contributed by atoms with van der Waals surface area (Å²) in [5.41, 5.74) is 7.57. The zero-order chi connectivity index (χ0) is 26.7. The van der Waals surface area contributed by atoms with Crippen molar-refractivity contribution in [2.24, 2.45) is 0 Å². The van der Waals surface area contributed by atoms with Gasteiger partial charge in [-0.15, -0.1) is 0 Å². The van der Waals surface area contributed by atoms with Gasteiger partial charge in [0.2, 0.25) is 0 Å². The van der Waals surface area contributed by atoms with E-state index in [1.807, 2.05) is 12.1 Å². The van der Waals surface area contributed by atoms with Crippen molar-refractivity contribution in [3.05, 3.63) is 152 Å². The Morgan fingerprint density at radius 1 is 0.275 bits per heavy atom. The van der Waals surface area contributed by atoms with E-state index in [2.05, 4.69) is 140 Å². The van der Waals surface area contributed by atoms with Crippen molar-refractivity contribution in [3.8, 4) is 56.4 Å². The predicted octanol–water partition coefficient (Wildman–Crippen LogP) is 9.36. The molecule has 0 radical (unpaired) electrons. The molecule has 7 aromatic rings. The molecule has 6 aromatic carbocycles. The van der Waals surface area contributed by atoms with Crippen LogP contribution >= 0.6 is 0 Å². The highest BCUT2D eigenvalue weighted by atomic mass is 15.0. The molecule has 0 atom stereocenters. The van der Waals surface area contributed by atoms with Crippen LogP contribution in [0, 0.1) is 0 Å². The van der Waals surface area contributed by atoms with Crippen molar-refractivity contribution in [2.45, 2.75) is 0 Å². The molecule has 0 bridgehead atoms. The number of hydrogen-bond acceptors (Lipinski definition) is 3. The Bertz CT molecular complexity index is 1810. The molecule has 0 aliphatic carbocycles. The fraction of sp³-hybridized carbons (Fsp3) is 0. The lowest BCUT2D eigenvalue weighted by atomic mass is 10.0. The largest absolute Gasteiger partial charge is 0.208 e. The van der Waals surface area contributed by atoms with Crippen LogP contribution in [0.4, 0.5) is 0 Å². The summed E-state index contributed by atoms with van der Waals surface area (Å²) < 4.78 is 0. The highest BCUT2D eigenvalue weighted by Gasteiger charge is 2.14. The summed E-state index contributed by atoms with van der Waals surface area (Å²) in [6, 6.07) is 52.2. The van der Waals surface area contributed by atoms with Crippen molar-refractivity contribution in [1.29, 1.82) is 0 Å². The molecule has 0 amide bonds. The number of rotatable bonds is 5. The van der Waals surface area contributed by atoms with Crippen LogP contribution in [0.3, 0.4) is 0 Å². The second kappa shape index (κ2) is 10.4. The van der Waals surface area contributed by atoms with E-state index >= 15 is 0 Å². The van der Waals surface area contributed by atoms with E-state index in [1.54, 1.807) is 0 Å². The van der Waals surface area contributed by atoms with E-state index in [0.29, 0.717) is 17.5 Å². The lowest BCUT2D eigenvalue weighted by Crippen LogP contribution is -2.00. The Labute approximate surface area is 233 Å². The summed E-state index contributed by atoms with van der Waals surface area (Å²) in [6.45, 7) is 0. The Kier molecular flexibility index (Phi) is 6.15. The van der Waals surface area contributed by atoms with E-state index in [0.717, 1.165) is 38.6 Å². The van der Waals surface area contributed by atoms with Gasteiger partial charge in [-0.05, 0) is 33.0 Å². The molecule has 0 fully saturated rings. The molecule has 3 heteroatoms. The molecule has 0 aliphatic heterocycles. The van der Waals surface area contributed by atoms with Gasteiger partial charge >= 0.3 is 0 Å². The quantitative estimate of drug-likeness (QED) is 0.231. The van der Waals surface area contributed by atoms with Gasteiger partial charge in [-0.2, -0.15) is 0 Å². The van der Waals surface area contributed by atoms with Crippen molar-refractivity contribution < 1.29 is 0 Å². The molecular weight excluding hydrogens is 486 g/mol.